The molecule has 0 aliphatic carbocycles. The molecule has 2 rings (SSSR count). The molecule has 2 N–H and O–H groups in total. The molecule has 0 spiro atoms. The Labute approximate surface area is 232 Å². The van der Waals surface area contributed by atoms with Crippen molar-refractivity contribution in [3.05, 3.63) is 59.7 Å². The first-order valence-electron chi connectivity index (χ1n) is 12.4. The van der Waals surface area contributed by atoms with Gasteiger partial charge < -0.3 is 20.1 Å². The fourth-order valence-electron chi connectivity index (χ4n) is 3.67. The van der Waals surface area contributed by atoms with E-state index in [-0.39, 0.29) is 23.7 Å². The summed E-state index contributed by atoms with van der Waals surface area (Å²) in [4.78, 5) is 52.0. The molecular weight excluding hydrogens is 524 g/mol. The van der Waals surface area contributed by atoms with E-state index in [1.165, 1.54) is 35.8 Å². The largest absolute Gasteiger partial charge is 0.467 e. The van der Waals surface area contributed by atoms with E-state index < -0.39 is 24.0 Å². The first kappa shape index (κ1) is 31.2. The Morgan fingerprint density at radius 3 is 1.32 bits per heavy atom. The molecule has 0 heterocycles. The molecule has 38 heavy (non-hydrogen) atoms. The molecule has 2 atom stereocenters. The number of hydrogen-bond donors (Lipinski definition) is 2. The van der Waals surface area contributed by atoms with E-state index >= 15 is 0 Å². The molecule has 2 aromatic rings. The molecule has 0 saturated carbocycles. The first-order valence-corrected chi connectivity index (χ1v) is 14.5. The van der Waals surface area contributed by atoms with E-state index in [9.17, 15) is 19.2 Å². The molecule has 206 valence electrons. The summed E-state index contributed by atoms with van der Waals surface area (Å²) in [5.74, 6) is -1.39. The van der Waals surface area contributed by atoms with Crippen LogP contribution in [-0.2, 0) is 19.1 Å². The molecule has 0 fully saturated rings. The lowest BCUT2D eigenvalue weighted by Crippen LogP contribution is -2.42. The van der Waals surface area contributed by atoms with Crippen molar-refractivity contribution in [1.29, 1.82) is 0 Å². The fraction of sp³-hybridized carbons (Fsp3) is 0.429. The molecule has 0 saturated heterocycles. The van der Waals surface area contributed by atoms with Crippen LogP contribution in [0.1, 0.15) is 61.3 Å². The number of esters is 2. The third kappa shape index (κ3) is 9.40. The van der Waals surface area contributed by atoms with Gasteiger partial charge in [-0.05, 0) is 48.9 Å². The lowest BCUT2D eigenvalue weighted by atomic mass is 10.0. The number of methoxy groups -OCH3 is 2. The molecule has 0 aromatic heterocycles. The highest BCUT2D eigenvalue weighted by atomic mass is 33.1. The SMILES string of the molecule is COC(=O)[C@H](CC(C)C)NC(=O)c1ccccc1SSc1ccccc1C(=O)N[C@@H](CC(C)C)C(=O)OC. The highest BCUT2D eigenvalue weighted by molar-refractivity contribution is 8.76. The standard InChI is InChI=1S/C28H36N2O6S2/c1-17(2)15-21(27(33)35-5)29-25(31)19-11-7-9-13-23(19)37-38-24-14-10-8-12-20(24)26(32)30-22(16-18(3)4)28(34)36-6/h7-14,17-18,21-22H,15-16H2,1-6H3,(H,29,31)(H,30,32)/t21-,22-/m0/s1. The second-order valence-electron chi connectivity index (χ2n) is 9.52. The topological polar surface area (TPSA) is 111 Å². The quantitative estimate of drug-likeness (QED) is 0.257. The normalized spacial score (nSPS) is 12.5. The summed E-state index contributed by atoms with van der Waals surface area (Å²) in [6, 6.07) is 12.6. The zero-order chi connectivity index (χ0) is 28.2. The molecular formula is C28H36N2O6S2. The average Bonchev–Trinajstić information content (AvgIpc) is 2.89. The maximum atomic E-state index is 13.1. The lowest BCUT2D eigenvalue weighted by molar-refractivity contribution is -0.144. The first-order chi connectivity index (χ1) is 18.1. The van der Waals surface area contributed by atoms with Gasteiger partial charge in [0.05, 0.1) is 25.3 Å². The number of nitrogens with one attached hydrogen (secondary N) is 2. The minimum atomic E-state index is -0.753. The van der Waals surface area contributed by atoms with E-state index in [4.69, 9.17) is 9.47 Å². The van der Waals surface area contributed by atoms with Crippen molar-refractivity contribution in [3.63, 3.8) is 0 Å². The van der Waals surface area contributed by atoms with Crippen LogP contribution in [0.2, 0.25) is 0 Å². The lowest BCUT2D eigenvalue weighted by Gasteiger charge is -2.19. The highest BCUT2D eigenvalue weighted by Crippen LogP contribution is 2.40. The number of amides is 2. The van der Waals surface area contributed by atoms with Crippen LogP contribution in [0.5, 0.6) is 0 Å². The fourth-order valence-corrected chi connectivity index (χ4v) is 6.03. The zero-order valence-electron chi connectivity index (χ0n) is 22.6. The van der Waals surface area contributed by atoms with Gasteiger partial charge in [-0.1, -0.05) is 73.5 Å². The van der Waals surface area contributed by atoms with Crippen LogP contribution < -0.4 is 10.6 Å². The number of hydrogen-bond acceptors (Lipinski definition) is 8. The maximum Gasteiger partial charge on any atom is 0.328 e. The van der Waals surface area contributed by atoms with Gasteiger partial charge in [0.15, 0.2) is 0 Å². The monoisotopic (exact) mass is 560 g/mol. The van der Waals surface area contributed by atoms with Gasteiger partial charge in [-0.2, -0.15) is 0 Å². The van der Waals surface area contributed by atoms with Gasteiger partial charge in [0, 0.05) is 9.79 Å². The number of carbonyl (C=O) groups is 4. The second-order valence-corrected chi connectivity index (χ2v) is 11.7. The molecule has 0 unspecified atom stereocenters. The molecule has 0 aliphatic rings. The van der Waals surface area contributed by atoms with E-state index in [2.05, 4.69) is 10.6 Å². The Hall–Kier alpha value is -2.98. The second kappa shape index (κ2) is 15.4. The van der Waals surface area contributed by atoms with Crippen molar-refractivity contribution < 1.29 is 28.7 Å². The van der Waals surface area contributed by atoms with Crippen LogP contribution in [-0.4, -0.2) is 50.1 Å². The van der Waals surface area contributed by atoms with Crippen molar-refractivity contribution in [2.75, 3.05) is 14.2 Å². The van der Waals surface area contributed by atoms with Crippen LogP contribution in [0.3, 0.4) is 0 Å². The van der Waals surface area contributed by atoms with Gasteiger partial charge in [0.1, 0.15) is 12.1 Å². The molecule has 0 aliphatic heterocycles. The van der Waals surface area contributed by atoms with Crippen LogP contribution >= 0.6 is 21.6 Å². The zero-order valence-corrected chi connectivity index (χ0v) is 24.2. The molecule has 0 bridgehead atoms. The Kier molecular flexibility index (Phi) is 12.7. The van der Waals surface area contributed by atoms with E-state index in [0.717, 1.165) is 0 Å². The van der Waals surface area contributed by atoms with Gasteiger partial charge in [0.2, 0.25) is 0 Å². The van der Waals surface area contributed by atoms with Crippen LogP contribution in [0, 0.1) is 11.8 Å². The van der Waals surface area contributed by atoms with E-state index in [0.29, 0.717) is 33.8 Å². The Balaban J connectivity index is 2.21. The summed E-state index contributed by atoms with van der Waals surface area (Å²) in [5.41, 5.74) is 0.819. The summed E-state index contributed by atoms with van der Waals surface area (Å²) in [6.07, 6.45) is 0.905. The highest BCUT2D eigenvalue weighted by Gasteiger charge is 2.26. The van der Waals surface area contributed by atoms with Crippen LogP contribution in [0.4, 0.5) is 0 Å². The van der Waals surface area contributed by atoms with Gasteiger partial charge in [0.25, 0.3) is 11.8 Å². The summed E-state index contributed by atoms with van der Waals surface area (Å²) in [5, 5.41) is 5.59. The Morgan fingerprint density at radius 2 is 1.00 bits per heavy atom. The average molecular weight is 561 g/mol. The summed E-state index contributed by atoms with van der Waals surface area (Å²) in [7, 11) is 5.24. The Morgan fingerprint density at radius 1 is 0.658 bits per heavy atom. The van der Waals surface area contributed by atoms with Crippen molar-refractivity contribution in [1.82, 2.24) is 10.6 Å². The van der Waals surface area contributed by atoms with Crippen molar-refractivity contribution in [2.24, 2.45) is 11.8 Å². The molecule has 0 radical (unpaired) electrons. The smallest absolute Gasteiger partial charge is 0.328 e. The molecule has 2 amide bonds. The van der Waals surface area contributed by atoms with Gasteiger partial charge in [-0.3, -0.25) is 9.59 Å². The number of ether oxygens (including phenoxy) is 2. The van der Waals surface area contributed by atoms with Crippen molar-refractivity contribution >= 4 is 45.3 Å². The van der Waals surface area contributed by atoms with Crippen LogP contribution in [0.15, 0.2) is 58.3 Å². The van der Waals surface area contributed by atoms with Crippen molar-refractivity contribution in [2.45, 2.75) is 62.4 Å². The summed E-state index contributed by atoms with van der Waals surface area (Å²) in [6.45, 7) is 7.86. The van der Waals surface area contributed by atoms with Crippen molar-refractivity contribution in [3.8, 4) is 0 Å². The third-order valence-electron chi connectivity index (χ3n) is 5.48. The number of benzene rings is 2. The van der Waals surface area contributed by atoms with Gasteiger partial charge >= 0.3 is 11.9 Å². The number of rotatable bonds is 13. The van der Waals surface area contributed by atoms with E-state index in [1.54, 1.807) is 36.4 Å². The predicted molar refractivity (Wildman–Crippen MR) is 150 cm³/mol. The summed E-state index contributed by atoms with van der Waals surface area (Å²) >= 11 is 0. The Bertz CT molecular complexity index is 1030. The molecule has 8 nitrogen and oxygen atoms in total. The predicted octanol–water partition coefficient (Wildman–Crippen LogP) is 5.12. The molecule has 10 heteroatoms. The minimum Gasteiger partial charge on any atom is -0.467 e. The van der Waals surface area contributed by atoms with E-state index in [1.807, 2.05) is 39.8 Å². The third-order valence-corrected chi connectivity index (χ3v) is 7.96. The summed E-state index contributed by atoms with van der Waals surface area (Å²) < 4.78 is 9.72. The number of carbonyl (C=O) groups excluding carboxylic acids is 4. The minimum absolute atomic E-state index is 0.182. The molecule has 2 aromatic carbocycles. The van der Waals surface area contributed by atoms with Gasteiger partial charge in [-0.25, -0.2) is 9.59 Å². The maximum absolute atomic E-state index is 13.1. The van der Waals surface area contributed by atoms with Crippen LogP contribution in [0.25, 0.3) is 0 Å². The van der Waals surface area contributed by atoms with Gasteiger partial charge in [-0.15, -0.1) is 0 Å².